The zero-order valence-electron chi connectivity index (χ0n) is 9.33. The average molecular weight is 224 g/mol. The van der Waals surface area contributed by atoms with Crippen LogP contribution in [-0.4, -0.2) is 6.04 Å². The summed E-state index contributed by atoms with van der Waals surface area (Å²) in [7, 11) is 0. The monoisotopic (exact) mass is 223 g/mol. The molecule has 0 saturated heterocycles. The first kappa shape index (κ1) is 11.0. The minimum Gasteiger partial charge on any atom is -0.307 e. The molecule has 2 heteroatoms. The first-order chi connectivity index (χ1) is 7.15. The summed E-state index contributed by atoms with van der Waals surface area (Å²) in [6, 6.07) is 9.21. The summed E-state index contributed by atoms with van der Waals surface area (Å²) in [5, 5.41) is 4.45. The predicted octanol–water partition coefficient (Wildman–Crippen LogP) is 3.79. The molecule has 1 aliphatic rings. The summed E-state index contributed by atoms with van der Waals surface area (Å²) in [5.41, 5.74) is 1.28. The Morgan fingerprint density at radius 3 is 2.73 bits per heavy atom. The van der Waals surface area contributed by atoms with Crippen molar-refractivity contribution in [2.75, 3.05) is 0 Å². The Kier molecular flexibility index (Phi) is 3.32. The van der Waals surface area contributed by atoms with Gasteiger partial charge >= 0.3 is 0 Å². The van der Waals surface area contributed by atoms with Crippen LogP contribution in [0.15, 0.2) is 24.3 Å². The average Bonchev–Trinajstić information content (AvgIpc) is 2.15. The zero-order chi connectivity index (χ0) is 10.8. The second-order valence-electron chi connectivity index (χ2n) is 4.72. The highest BCUT2D eigenvalue weighted by Gasteiger charge is 2.26. The maximum absolute atomic E-state index is 5.97. The lowest BCUT2D eigenvalue weighted by Crippen LogP contribution is -2.41. The third-order valence-corrected chi connectivity index (χ3v) is 3.44. The van der Waals surface area contributed by atoms with Gasteiger partial charge in [0, 0.05) is 17.1 Å². The molecule has 15 heavy (non-hydrogen) atoms. The topological polar surface area (TPSA) is 12.0 Å². The molecule has 0 bridgehead atoms. The number of hydrogen-bond donors (Lipinski definition) is 1. The van der Waals surface area contributed by atoms with Gasteiger partial charge in [-0.15, -0.1) is 0 Å². The van der Waals surface area contributed by atoms with Gasteiger partial charge in [-0.1, -0.05) is 30.7 Å². The van der Waals surface area contributed by atoms with Crippen LogP contribution in [0.25, 0.3) is 0 Å². The summed E-state index contributed by atoms with van der Waals surface area (Å²) >= 11 is 5.97. The lowest BCUT2D eigenvalue weighted by molar-refractivity contribution is 0.226. The van der Waals surface area contributed by atoms with Crippen LogP contribution in [0, 0.1) is 5.92 Å². The zero-order valence-corrected chi connectivity index (χ0v) is 10.1. The second kappa shape index (κ2) is 4.54. The SMILES string of the molecule is CC1CC(N[C@H](C)c2cccc(Cl)c2)C1. The van der Waals surface area contributed by atoms with Gasteiger partial charge in [-0.05, 0) is 43.4 Å². The van der Waals surface area contributed by atoms with E-state index in [1.807, 2.05) is 18.2 Å². The Balaban J connectivity index is 1.93. The second-order valence-corrected chi connectivity index (χ2v) is 5.15. The van der Waals surface area contributed by atoms with Gasteiger partial charge in [0.25, 0.3) is 0 Å². The molecule has 0 unspecified atom stereocenters. The summed E-state index contributed by atoms with van der Waals surface area (Å²) in [6.45, 7) is 4.51. The van der Waals surface area contributed by atoms with Crippen molar-refractivity contribution < 1.29 is 0 Å². The Labute approximate surface area is 96.8 Å². The van der Waals surface area contributed by atoms with Crippen molar-refractivity contribution >= 4 is 11.6 Å². The highest BCUT2D eigenvalue weighted by Crippen LogP contribution is 2.29. The molecule has 0 radical (unpaired) electrons. The standard InChI is InChI=1S/C13H18ClN/c1-9-6-13(7-9)15-10(2)11-4-3-5-12(14)8-11/h3-5,8-10,13,15H,6-7H2,1-2H3/t9?,10-,13?/m1/s1. The lowest BCUT2D eigenvalue weighted by Gasteiger charge is -2.35. The van der Waals surface area contributed by atoms with E-state index in [2.05, 4.69) is 25.2 Å². The number of rotatable bonds is 3. The fraction of sp³-hybridized carbons (Fsp3) is 0.538. The molecule has 1 aromatic rings. The molecule has 0 aromatic heterocycles. The van der Waals surface area contributed by atoms with Crippen molar-refractivity contribution in [2.24, 2.45) is 5.92 Å². The summed E-state index contributed by atoms with van der Waals surface area (Å²) in [4.78, 5) is 0. The van der Waals surface area contributed by atoms with E-state index >= 15 is 0 Å². The third kappa shape index (κ3) is 2.73. The van der Waals surface area contributed by atoms with Gasteiger partial charge in [0.1, 0.15) is 0 Å². The maximum atomic E-state index is 5.97. The molecule has 0 amide bonds. The molecule has 1 aromatic carbocycles. The molecule has 1 N–H and O–H groups in total. The Morgan fingerprint density at radius 2 is 2.13 bits per heavy atom. The first-order valence-corrected chi connectivity index (χ1v) is 6.04. The molecule has 0 spiro atoms. The van der Waals surface area contributed by atoms with Gasteiger partial charge < -0.3 is 5.32 Å². The molecule has 1 fully saturated rings. The fourth-order valence-corrected chi connectivity index (χ4v) is 2.46. The summed E-state index contributed by atoms with van der Waals surface area (Å²) in [6.07, 6.45) is 2.62. The van der Waals surface area contributed by atoms with Crippen LogP contribution in [0.2, 0.25) is 5.02 Å². The molecule has 1 saturated carbocycles. The fourth-order valence-electron chi connectivity index (χ4n) is 2.26. The number of hydrogen-bond acceptors (Lipinski definition) is 1. The van der Waals surface area contributed by atoms with E-state index in [1.165, 1.54) is 18.4 Å². The van der Waals surface area contributed by atoms with E-state index in [0.717, 1.165) is 10.9 Å². The Morgan fingerprint density at radius 1 is 1.40 bits per heavy atom. The van der Waals surface area contributed by atoms with Crippen LogP contribution in [-0.2, 0) is 0 Å². The van der Waals surface area contributed by atoms with Gasteiger partial charge in [0.05, 0.1) is 0 Å². The van der Waals surface area contributed by atoms with Crippen LogP contribution in [0.4, 0.5) is 0 Å². The molecule has 1 atom stereocenters. The van der Waals surface area contributed by atoms with E-state index in [4.69, 9.17) is 11.6 Å². The lowest BCUT2D eigenvalue weighted by atomic mass is 9.81. The van der Waals surface area contributed by atoms with Crippen LogP contribution in [0.1, 0.15) is 38.3 Å². The van der Waals surface area contributed by atoms with Crippen LogP contribution in [0.3, 0.4) is 0 Å². The molecule has 0 heterocycles. The first-order valence-electron chi connectivity index (χ1n) is 5.66. The largest absolute Gasteiger partial charge is 0.307 e. The third-order valence-electron chi connectivity index (χ3n) is 3.21. The quantitative estimate of drug-likeness (QED) is 0.822. The van der Waals surface area contributed by atoms with E-state index in [1.54, 1.807) is 0 Å². The Hall–Kier alpha value is -0.530. The number of nitrogens with one attached hydrogen (secondary N) is 1. The maximum Gasteiger partial charge on any atom is 0.0409 e. The molecular formula is C13H18ClN. The molecular weight excluding hydrogens is 206 g/mol. The van der Waals surface area contributed by atoms with Gasteiger partial charge in [0.15, 0.2) is 0 Å². The van der Waals surface area contributed by atoms with E-state index in [-0.39, 0.29) is 0 Å². The van der Waals surface area contributed by atoms with Crippen molar-refractivity contribution in [3.8, 4) is 0 Å². The molecule has 0 aliphatic heterocycles. The van der Waals surface area contributed by atoms with Crippen LogP contribution in [0.5, 0.6) is 0 Å². The minimum atomic E-state index is 0.404. The highest BCUT2D eigenvalue weighted by atomic mass is 35.5. The van der Waals surface area contributed by atoms with Crippen molar-refractivity contribution in [1.82, 2.24) is 5.32 Å². The summed E-state index contributed by atoms with van der Waals surface area (Å²) < 4.78 is 0. The number of benzene rings is 1. The van der Waals surface area contributed by atoms with Gasteiger partial charge in [-0.3, -0.25) is 0 Å². The van der Waals surface area contributed by atoms with Gasteiger partial charge in [-0.2, -0.15) is 0 Å². The smallest absolute Gasteiger partial charge is 0.0409 e. The minimum absolute atomic E-state index is 0.404. The van der Waals surface area contributed by atoms with Crippen molar-refractivity contribution in [1.29, 1.82) is 0 Å². The van der Waals surface area contributed by atoms with E-state index in [0.29, 0.717) is 12.1 Å². The van der Waals surface area contributed by atoms with Gasteiger partial charge in [-0.25, -0.2) is 0 Å². The molecule has 1 aliphatic carbocycles. The van der Waals surface area contributed by atoms with Crippen LogP contribution < -0.4 is 5.32 Å². The Bertz CT molecular complexity index is 331. The predicted molar refractivity (Wildman–Crippen MR) is 65.2 cm³/mol. The highest BCUT2D eigenvalue weighted by molar-refractivity contribution is 6.30. The van der Waals surface area contributed by atoms with E-state index < -0.39 is 0 Å². The normalized spacial score (nSPS) is 27.1. The van der Waals surface area contributed by atoms with Crippen molar-refractivity contribution in [2.45, 2.75) is 38.8 Å². The van der Waals surface area contributed by atoms with Gasteiger partial charge in [0.2, 0.25) is 0 Å². The molecule has 82 valence electrons. The summed E-state index contributed by atoms with van der Waals surface area (Å²) in [5.74, 6) is 0.897. The van der Waals surface area contributed by atoms with Crippen molar-refractivity contribution in [3.63, 3.8) is 0 Å². The van der Waals surface area contributed by atoms with Crippen LogP contribution >= 0.6 is 11.6 Å². The molecule has 1 nitrogen and oxygen atoms in total. The number of halogens is 1. The van der Waals surface area contributed by atoms with Crippen molar-refractivity contribution in [3.05, 3.63) is 34.9 Å². The molecule has 2 rings (SSSR count). The van der Waals surface area contributed by atoms with E-state index in [9.17, 15) is 0 Å².